The predicted molar refractivity (Wildman–Crippen MR) is 103 cm³/mol. The molecule has 1 aromatic rings. The van der Waals surface area contributed by atoms with E-state index < -0.39 is 0 Å². The van der Waals surface area contributed by atoms with Crippen molar-refractivity contribution >= 4 is 5.91 Å². The van der Waals surface area contributed by atoms with Crippen molar-refractivity contribution in [2.75, 3.05) is 26.2 Å². The molecule has 4 heterocycles. The largest absolute Gasteiger partial charge is 0.341 e. The first-order valence-corrected chi connectivity index (χ1v) is 10.6. The van der Waals surface area contributed by atoms with Gasteiger partial charge in [-0.25, -0.2) is 0 Å². The van der Waals surface area contributed by atoms with E-state index in [-0.39, 0.29) is 6.04 Å². The summed E-state index contributed by atoms with van der Waals surface area (Å²) < 4.78 is 0. The van der Waals surface area contributed by atoms with Crippen LogP contribution >= 0.6 is 0 Å². The number of benzene rings is 1. The fraction of sp³-hybridized carbons (Fsp3) is 0.682. The highest BCUT2D eigenvalue weighted by molar-refractivity contribution is 5.82. The van der Waals surface area contributed by atoms with Gasteiger partial charge in [0, 0.05) is 31.7 Å². The first kappa shape index (κ1) is 16.8. The van der Waals surface area contributed by atoms with Crippen molar-refractivity contribution in [3.8, 4) is 0 Å². The van der Waals surface area contributed by atoms with Crippen molar-refractivity contribution in [3.63, 3.8) is 0 Å². The average Bonchev–Trinajstić information content (AvgIpc) is 3.22. The molecule has 4 nitrogen and oxygen atoms in total. The third kappa shape index (κ3) is 2.97. The third-order valence-electron chi connectivity index (χ3n) is 7.24. The van der Waals surface area contributed by atoms with Gasteiger partial charge in [0.15, 0.2) is 0 Å². The molecule has 4 aliphatic rings. The fourth-order valence-corrected chi connectivity index (χ4v) is 6.14. The van der Waals surface area contributed by atoms with Gasteiger partial charge in [-0.05, 0) is 62.5 Å². The first-order chi connectivity index (χ1) is 12.8. The number of hydrogen-bond acceptors (Lipinski definition) is 3. The van der Waals surface area contributed by atoms with E-state index in [1.54, 1.807) is 0 Å². The van der Waals surface area contributed by atoms with Crippen LogP contribution in [0.3, 0.4) is 0 Å². The number of rotatable bonds is 2. The normalized spacial score (nSPS) is 37.4. The number of likely N-dealkylation sites (tertiary alicyclic amines) is 1. The van der Waals surface area contributed by atoms with E-state index >= 15 is 0 Å². The predicted octanol–water partition coefficient (Wildman–Crippen LogP) is 2.81. The Labute approximate surface area is 156 Å². The molecule has 0 aromatic heterocycles. The summed E-state index contributed by atoms with van der Waals surface area (Å²) in [7, 11) is 0. The summed E-state index contributed by atoms with van der Waals surface area (Å²) in [5.74, 6) is 1.69. The number of fused-ring (bicyclic) bond motifs is 4. The van der Waals surface area contributed by atoms with Crippen LogP contribution < -0.4 is 5.32 Å². The molecular weight excluding hydrogens is 322 g/mol. The smallest absolute Gasteiger partial charge is 0.239 e. The van der Waals surface area contributed by atoms with Gasteiger partial charge in [-0.2, -0.15) is 0 Å². The lowest BCUT2D eigenvalue weighted by atomic mass is 9.73. The van der Waals surface area contributed by atoms with E-state index in [2.05, 4.69) is 45.4 Å². The van der Waals surface area contributed by atoms with Crippen LogP contribution in [-0.2, 0) is 4.79 Å². The van der Waals surface area contributed by atoms with Gasteiger partial charge in [0.05, 0.1) is 6.04 Å². The minimum absolute atomic E-state index is 0.0911. The standard InChI is InChI=1S/C22H31N3O/c26-22(19-8-5-11-23-19)24-13-16-12-18(15-24)21-10-4-9-20(25(21)14-16)17-6-2-1-3-7-17/h1-3,6-7,16,18-21,23H,4-5,8-15H2/t16-,18+,19-,20+,21-/m0/s1. The second-order valence-corrected chi connectivity index (χ2v) is 8.88. The monoisotopic (exact) mass is 353 g/mol. The number of hydrogen-bond donors (Lipinski definition) is 1. The van der Waals surface area contributed by atoms with Gasteiger partial charge in [-0.1, -0.05) is 30.3 Å². The summed E-state index contributed by atoms with van der Waals surface area (Å²) >= 11 is 0. The molecule has 1 amide bonds. The summed E-state index contributed by atoms with van der Waals surface area (Å²) in [6, 6.07) is 12.4. The minimum atomic E-state index is 0.0911. The molecule has 4 heteroatoms. The Morgan fingerprint density at radius 2 is 1.88 bits per heavy atom. The molecule has 0 spiro atoms. The maximum atomic E-state index is 12.9. The van der Waals surface area contributed by atoms with Crippen LogP contribution in [0.4, 0.5) is 0 Å². The first-order valence-electron chi connectivity index (χ1n) is 10.6. The van der Waals surface area contributed by atoms with Crippen LogP contribution in [0.5, 0.6) is 0 Å². The molecule has 5 atom stereocenters. The van der Waals surface area contributed by atoms with Gasteiger partial charge < -0.3 is 10.2 Å². The lowest BCUT2D eigenvalue weighted by molar-refractivity contribution is -0.140. The van der Waals surface area contributed by atoms with Crippen molar-refractivity contribution in [3.05, 3.63) is 35.9 Å². The molecule has 2 bridgehead atoms. The highest BCUT2D eigenvalue weighted by Gasteiger charge is 2.46. The van der Waals surface area contributed by atoms with Crippen LogP contribution in [0.25, 0.3) is 0 Å². The van der Waals surface area contributed by atoms with Crippen LogP contribution in [0.15, 0.2) is 30.3 Å². The molecule has 0 unspecified atom stereocenters. The van der Waals surface area contributed by atoms with Gasteiger partial charge in [0.2, 0.25) is 5.91 Å². The van der Waals surface area contributed by atoms with E-state index in [4.69, 9.17) is 0 Å². The number of carbonyl (C=O) groups is 1. The second-order valence-electron chi connectivity index (χ2n) is 8.88. The number of nitrogens with one attached hydrogen (secondary N) is 1. The van der Waals surface area contributed by atoms with Crippen LogP contribution in [0.1, 0.15) is 50.1 Å². The van der Waals surface area contributed by atoms with E-state index in [1.165, 1.54) is 37.8 Å². The summed E-state index contributed by atoms with van der Waals surface area (Å²) in [5, 5.41) is 3.40. The lowest BCUT2D eigenvalue weighted by Crippen LogP contribution is -2.61. The molecule has 0 aliphatic carbocycles. The number of amides is 1. The van der Waals surface area contributed by atoms with Gasteiger partial charge in [0.1, 0.15) is 0 Å². The summed E-state index contributed by atoms with van der Waals surface area (Å²) in [5.41, 5.74) is 1.49. The van der Waals surface area contributed by atoms with E-state index in [0.29, 0.717) is 29.8 Å². The summed E-state index contributed by atoms with van der Waals surface area (Å²) in [6.07, 6.45) is 7.41. The molecular formula is C22H31N3O. The zero-order chi connectivity index (χ0) is 17.5. The van der Waals surface area contributed by atoms with Crippen molar-refractivity contribution in [1.82, 2.24) is 15.1 Å². The molecule has 0 saturated carbocycles. The van der Waals surface area contributed by atoms with Crippen molar-refractivity contribution in [2.24, 2.45) is 11.8 Å². The molecule has 0 radical (unpaired) electrons. The van der Waals surface area contributed by atoms with Crippen molar-refractivity contribution in [1.29, 1.82) is 0 Å². The summed E-state index contributed by atoms with van der Waals surface area (Å²) in [4.78, 5) is 18.0. The van der Waals surface area contributed by atoms with E-state index in [1.807, 2.05) is 0 Å². The quantitative estimate of drug-likeness (QED) is 0.888. The highest BCUT2D eigenvalue weighted by atomic mass is 16.2. The maximum absolute atomic E-state index is 12.9. The zero-order valence-corrected chi connectivity index (χ0v) is 15.6. The second kappa shape index (κ2) is 6.97. The van der Waals surface area contributed by atoms with Crippen molar-refractivity contribution in [2.45, 2.75) is 56.7 Å². The Morgan fingerprint density at radius 3 is 2.69 bits per heavy atom. The molecule has 140 valence electrons. The molecule has 4 saturated heterocycles. The number of nitrogens with zero attached hydrogens (tertiary/aromatic N) is 2. The van der Waals surface area contributed by atoms with Gasteiger partial charge in [-0.15, -0.1) is 0 Å². The van der Waals surface area contributed by atoms with Crippen LogP contribution in [0, 0.1) is 11.8 Å². The Morgan fingerprint density at radius 1 is 1.00 bits per heavy atom. The third-order valence-corrected chi connectivity index (χ3v) is 7.24. The fourth-order valence-electron chi connectivity index (χ4n) is 6.14. The van der Waals surface area contributed by atoms with Gasteiger partial charge in [-0.3, -0.25) is 9.69 Å². The van der Waals surface area contributed by atoms with Crippen molar-refractivity contribution < 1.29 is 4.79 Å². The van der Waals surface area contributed by atoms with Crippen LogP contribution in [0.2, 0.25) is 0 Å². The lowest BCUT2D eigenvalue weighted by Gasteiger charge is -2.55. The Hall–Kier alpha value is -1.39. The molecule has 1 aromatic carbocycles. The highest BCUT2D eigenvalue weighted by Crippen LogP contribution is 2.44. The molecule has 5 rings (SSSR count). The molecule has 4 fully saturated rings. The SMILES string of the molecule is O=C([C@@H]1CCCN1)N1C[C@@H]2C[C@H](C1)[C@@H]1CCC[C@H](c3ccccc3)N1C2. The Bertz CT molecular complexity index is 642. The molecule has 4 aliphatic heterocycles. The zero-order valence-electron chi connectivity index (χ0n) is 15.6. The Balaban J connectivity index is 1.33. The number of carbonyl (C=O) groups excluding carboxylic acids is 1. The topological polar surface area (TPSA) is 35.6 Å². The Kier molecular flexibility index (Phi) is 4.49. The molecule has 1 N–H and O–H groups in total. The summed E-state index contributed by atoms with van der Waals surface area (Å²) in [6.45, 7) is 4.13. The van der Waals surface area contributed by atoms with Gasteiger partial charge in [0.25, 0.3) is 0 Å². The maximum Gasteiger partial charge on any atom is 0.239 e. The van der Waals surface area contributed by atoms with Gasteiger partial charge >= 0.3 is 0 Å². The average molecular weight is 354 g/mol. The van der Waals surface area contributed by atoms with E-state index in [0.717, 1.165) is 32.5 Å². The van der Waals surface area contributed by atoms with Crippen LogP contribution in [-0.4, -0.2) is 54.0 Å². The van der Waals surface area contributed by atoms with E-state index in [9.17, 15) is 4.79 Å². The minimum Gasteiger partial charge on any atom is -0.341 e. The number of piperidine rings is 3. The molecule has 26 heavy (non-hydrogen) atoms.